The first kappa shape index (κ1) is 14.5. The Morgan fingerprint density at radius 3 is 2.91 bits per heavy atom. The molecule has 5 nitrogen and oxygen atoms in total. The number of amides is 1. The highest BCUT2D eigenvalue weighted by atomic mass is 16.5. The van der Waals surface area contributed by atoms with E-state index in [1.165, 1.54) is 6.42 Å². The van der Waals surface area contributed by atoms with E-state index >= 15 is 0 Å². The van der Waals surface area contributed by atoms with Gasteiger partial charge in [-0.05, 0) is 56.4 Å². The van der Waals surface area contributed by atoms with Crippen LogP contribution in [-0.4, -0.2) is 22.5 Å². The number of fused-ring (bicyclic) bond motifs is 1. The first-order chi connectivity index (χ1) is 10.7. The van der Waals surface area contributed by atoms with E-state index in [1.807, 2.05) is 25.1 Å². The van der Waals surface area contributed by atoms with Gasteiger partial charge in [-0.1, -0.05) is 0 Å². The van der Waals surface area contributed by atoms with Crippen molar-refractivity contribution in [2.45, 2.75) is 32.6 Å². The van der Waals surface area contributed by atoms with E-state index in [-0.39, 0.29) is 12.5 Å². The van der Waals surface area contributed by atoms with Crippen LogP contribution >= 0.6 is 0 Å². The van der Waals surface area contributed by atoms with Gasteiger partial charge in [0, 0.05) is 23.7 Å². The van der Waals surface area contributed by atoms with Gasteiger partial charge in [0.15, 0.2) is 6.61 Å². The second-order valence-electron chi connectivity index (χ2n) is 5.50. The number of nitrogens with zero attached hydrogens (tertiary/aromatic N) is 2. The van der Waals surface area contributed by atoms with Gasteiger partial charge < -0.3 is 10.1 Å². The summed E-state index contributed by atoms with van der Waals surface area (Å²) in [5.41, 5.74) is 3.30. The molecule has 0 fully saturated rings. The third-order valence-corrected chi connectivity index (χ3v) is 3.73. The van der Waals surface area contributed by atoms with Crippen molar-refractivity contribution in [1.82, 2.24) is 9.97 Å². The number of aromatic nitrogens is 2. The van der Waals surface area contributed by atoms with E-state index < -0.39 is 0 Å². The summed E-state index contributed by atoms with van der Waals surface area (Å²) in [5.74, 6) is 1.11. The van der Waals surface area contributed by atoms with Gasteiger partial charge in [-0.3, -0.25) is 9.78 Å². The maximum absolute atomic E-state index is 12.0. The van der Waals surface area contributed by atoms with Crippen molar-refractivity contribution in [3.63, 3.8) is 0 Å². The quantitative estimate of drug-likeness (QED) is 0.942. The average Bonchev–Trinajstić information content (AvgIpc) is 2.53. The predicted octanol–water partition coefficient (Wildman–Crippen LogP) is 2.68. The molecule has 22 heavy (non-hydrogen) atoms. The highest BCUT2D eigenvalue weighted by Gasteiger charge is 2.16. The summed E-state index contributed by atoms with van der Waals surface area (Å²) in [7, 11) is 0. The minimum atomic E-state index is -0.209. The van der Waals surface area contributed by atoms with Crippen LogP contribution in [0.15, 0.2) is 30.6 Å². The molecular formula is C17H19N3O2. The molecule has 1 N–H and O–H groups in total. The van der Waals surface area contributed by atoms with Crippen LogP contribution in [0.25, 0.3) is 0 Å². The summed E-state index contributed by atoms with van der Waals surface area (Å²) in [6.07, 6.45) is 7.70. The van der Waals surface area contributed by atoms with Gasteiger partial charge in [-0.25, -0.2) is 4.98 Å². The molecule has 0 atom stereocenters. The molecule has 0 saturated heterocycles. The molecule has 114 valence electrons. The van der Waals surface area contributed by atoms with Crippen LogP contribution < -0.4 is 10.1 Å². The minimum Gasteiger partial charge on any atom is -0.483 e. The Bertz CT molecular complexity index is 685. The lowest BCUT2D eigenvalue weighted by molar-refractivity contribution is -0.118. The van der Waals surface area contributed by atoms with Crippen LogP contribution in [0, 0.1) is 6.92 Å². The van der Waals surface area contributed by atoms with Gasteiger partial charge in [-0.2, -0.15) is 0 Å². The monoisotopic (exact) mass is 297 g/mol. The van der Waals surface area contributed by atoms with Gasteiger partial charge in [-0.15, -0.1) is 0 Å². The number of carbonyl (C=O) groups excluding carboxylic acids is 1. The van der Waals surface area contributed by atoms with Crippen molar-refractivity contribution in [3.05, 3.63) is 47.4 Å². The maximum atomic E-state index is 12.0. The van der Waals surface area contributed by atoms with Crippen molar-refractivity contribution in [3.8, 4) is 5.75 Å². The molecule has 3 rings (SSSR count). The van der Waals surface area contributed by atoms with Crippen molar-refractivity contribution in [2.75, 3.05) is 11.9 Å². The number of anilines is 1. The molecule has 0 spiro atoms. The maximum Gasteiger partial charge on any atom is 0.263 e. The van der Waals surface area contributed by atoms with E-state index in [9.17, 15) is 4.79 Å². The Kier molecular flexibility index (Phi) is 4.32. The molecule has 2 aromatic rings. The lowest BCUT2D eigenvalue weighted by atomic mass is 9.95. The Hall–Kier alpha value is -2.43. The summed E-state index contributed by atoms with van der Waals surface area (Å²) in [6, 6.07) is 5.55. The predicted molar refractivity (Wildman–Crippen MR) is 84.0 cm³/mol. The number of nitrogens with one attached hydrogen (secondary N) is 1. The number of hydrogen-bond acceptors (Lipinski definition) is 4. The second-order valence-corrected chi connectivity index (χ2v) is 5.50. The summed E-state index contributed by atoms with van der Waals surface area (Å²) in [5, 5.41) is 2.74. The SMILES string of the molecule is Cc1ccnc(NC(=O)COc2ccnc3c2CCCC3)c1. The molecular weight excluding hydrogens is 278 g/mol. The molecule has 0 bridgehead atoms. The zero-order valence-corrected chi connectivity index (χ0v) is 12.6. The number of rotatable bonds is 4. The van der Waals surface area contributed by atoms with E-state index in [0.29, 0.717) is 5.82 Å². The molecule has 1 amide bonds. The van der Waals surface area contributed by atoms with Crippen molar-refractivity contribution in [2.24, 2.45) is 0 Å². The first-order valence-electron chi connectivity index (χ1n) is 7.54. The minimum absolute atomic E-state index is 0.0218. The van der Waals surface area contributed by atoms with E-state index in [1.54, 1.807) is 12.4 Å². The van der Waals surface area contributed by atoms with Gasteiger partial charge in [0.2, 0.25) is 0 Å². The summed E-state index contributed by atoms with van der Waals surface area (Å²) >= 11 is 0. The number of hydrogen-bond donors (Lipinski definition) is 1. The Morgan fingerprint density at radius 1 is 1.23 bits per heavy atom. The zero-order valence-electron chi connectivity index (χ0n) is 12.6. The van der Waals surface area contributed by atoms with Crippen LogP contribution in [-0.2, 0) is 17.6 Å². The van der Waals surface area contributed by atoms with Gasteiger partial charge in [0.05, 0.1) is 0 Å². The Morgan fingerprint density at radius 2 is 2.05 bits per heavy atom. The van der Waals surface area contributed by atoms with Crippen molar-refractivity contribution >= 4 is 11.7 Å². The smallest absolute Gasteiger partial charge is 0.263 e. The van der Waals surface area contributed by atoms with Crippen LogP contribution in [0.2, 0.25) is 0 Å². The summed E-state index contributed by atoms with van der Waals surface area (Å²) in [4.78, 5) is 20.5. The molecule has 1 aliphatic rings. The molecule has 0 radical (unpaired) electrons. The van der Waals surface area contributed by atoms with Gasteiger partial charge in [0.25, 0.3) is 5.91 Å². The fourth-order valence-electron chi connectivity index (χ4n) is 2.65. The molecule has 5 heteroatoms. The van der Waals surface area contributed by atoms with Gasteiger partial charge in [0.1, 0.15) is 11.6 Å². The van der Waals surface area contributed by atoms with Crippen molar-refractivity contribution in [1.29, 1.82) is 0 Å². The highest BCUT2D eigenvalue weighted by Crippen LogP contribution is 2.27. The summed E-state index contributed by atoms with van der Waals surface area (Å²) < 4.78 is 5.69. The van der Waals surface area contributed by atoms with Gasteiger partial charge >= 0.3 is 0 Å². The van der Waals surface area contributed by atoms with E-state index in [2.05, 4.69) is 15.3 Å². The molecule has 0 aliphatic heterocycles. The molecule has 2 aromatic heterocycles. The lowest BCUT2D eigenvalue weighted by Gasteiger charge is -2.18. The number of ether oxygens (including phenoxy) is 1. The average molecular weight is 297 g/mol. The normalized spacial score (nSPS) is 13.3. The third kappa shape index (κ3) is 3.42. The zero-order chi connectivity index (χ0) is 15.4. The number of pyridine rings is 2. The van der Waals surface area contributed by atoms with Crippen LogP contribution in [0.3, 0.4) is 0 Å². The number of carbonyl (C=O) groups is 1. The standard InChI is InChI=1S/C17H19N3O2/c1-12-6-8-19-16(10-12)20-17(21)11-22-15-7-9-18-14-5-3-2-4-13(14)15/h6-10H,2-5,11H2,1H3,(H,19,20,21). The van der Waals surface area contributed by atoms with E-state index in [0.717, 1.165) is 41.8 Å². The van der Waals surface area contributed by atoms with Crippen LogP contribution in [0.5, 0.6) is 5.75 Å². The first-order valence-corrected chi connectivity index (χ1v) is 7.54. The summed E-state index contributed by atoms with van der Waals surface area (Å²) in [6.45, 7) is 1.93. The van der Waals surface area contributed by atoms with E-state index in [4.69, 9.17) is 4.74 Å². The third-order valence-electron chi connectivity index (χ3n) is 3.73. The fraction of sp³-hybridized carbons (Fsp3) is 0.353. The number of aryl methyl sites for hydroxylation is 2. The molecule has 0 saturated carbocycles. The Balaban J connectivity index is 1.62. The lowest BCUT2D eigenvalue weighted by Crippen LogP contribution is -2.21. The van der Waals surface area contributed by atoms with Crippen LogP contribution in [0.1, 0.15) is 29.7 Å². The highest BCUT2D eigenvalue weighted by molar-refractivity contribution is 5.91. The fourth-order valence-corrected chi connectivity index (χ4v) is 2.65. The van der Waals surface area contributed by atoms with Crippen molar-refractivity contribution < 1.29 is 9.53 Å². The molecule has 0 aromatic carbocycles. The van der Waals surface area contributed by atoms with Crippen LogP contribution in [0.4, 0.5) is 5.82 Å². The second kappa shape index (κ2) is 6.56. The topological polar surface area (TPSA) is 64.1 Å². The molecule has 0 unspecified atom stereocenters. The largest absolute Gasteiger partial charge is 0.483 e. The molecule has 2 heterocycles. The Labute approximate surface area is 129 Å². The molecule has 1 aliphatic carbocycles.